The summed E-state index contributed by atoms with van der Waals surface area (Å²) in [5, 5.41) is 17.2. The van der Waals surface area contributed by atoms with Crippen LogP contribution < -0.4 is 10.6 Å². The van der Waals surface area contributed by atoms with Gasteiger partial charge in [-0.15, -0.1) is 0 Å². The van der Waals surface area contributed by atoms with Crippen molar-refractivity contribution in [1.29, 1.82) is 0 Å². The molecular weight excluding hydrogens is 382 g/mol. The molecule has 0 spiro atoms. The van der Waals surface area contributed by atoms with E-state index in [2.05, 4.69) is 27.8 Å². The van der Waals surface area contributed by atoms with Gasteiger partial charge in [0.2, 0.25) is 0 Å². The molecule has 1 saturated heterocycles. The summed E-state index contributed by atoms with van der Waals surface area (Å²) < 4.78 is 0. The predicted molar refractivity (Wildman–Crippen MR) is 116 cm³/mol. The summed E-state index contributed by atoms with van der Waals surface area (Å²) in [6, 6.07) is 14.6. The minimum Gasteiger partial charge on any atom is -0.478 e. The fourth-order valence-corrected chi connectivity index (χ4v) is 4.23. The zero-order valence-corrected chi connectivity index (χ0v) is 16.7. The Hall–Kier alpha value is -3.16. The lowest BCUT2D eigenvalue weighted by molar-refractivity contribution is 0.0687. The first-order chi connectivity index (χ1) is 14.1. The number of carboxylic acid groups (broad SMARTS) is 1. The third kappa shape index (κ3) is 4.37. The maximum atomic E-state index is 13.0. The number of fused-ring (bicyclic) bond motifs is 1. The number of carboxylic acids is 1. The topological polar surface area (TPSA) is 126 Å². The number of aromatic amines is 1. The standard InChI is InChI=1S/C23H25N3O3.H2O/c27-21(18-6-1-2-7-19(18)22(28)29)26-23(11-13-24-14-12-23)10-9-16-15-25-20-8-4-3-5-17(16)20;/h1-8,15,24-25H,9-14H2,(H,26,27)(H,28,29);1H2. The molecule has 0 radical (unpaired) electrons. The van der Waals surface area contributed by atoms with Gasteiger partial charge in [-0.2, -0.15) is 0 Å². The highest BCUT2D eigenvalue weighted by Gasteiger charge is 2.34. The Morgan fingerprint density at radius 3 is 2.40 bits per heavy atom. The predicted octanol–water partition coefficient (Wildman–Crippen LogP) is 2.53. The highest BCUT2D eigenvalue weighted by atomic mass is 16.4. The highest BCUT2D eigenvalue weighted by molar-refractivity contribution is 6.05. The molecule has 1 aromatic heterocycles. The maximum Gasteiger partial charge on any atom is 0.336 e. The second-order valence-electron chi connectivity index (χ2n) is 7.69. The van der Waals surface area contributed by atoms with Gasteiger partial charge in [0.05, 0.1) is 11.1 Å². The van der Waals surface area contributed by atoms with Crippen molar-refractivity contribution in [1.82, 2.24) is 15.6 Å². The van der Waals surface area contributed by atoms with E-state index in [1.54, 1.807) is 18.2 Å². The fourth-order valence-electron chi connectivity index (χ4n) is 4.23. The minimum absolute atomic E-state index is 0. The van der Waals surface area contributed by atoms with Crippen LogP contribution in [0, 0.1) is 0 Å². The molecule has 158 valence electrons. The molecule has 0 bridgehead atoms. The van der Waals surface area contributed by atoms with Crippen LogP contribution in [0.15, 0.2) is 54.7 Å². The molecule has 7 heteroatoms. The van der Waals surface area contributed by atoms with Gasteiger partial charge in [0.15, 0.2) is 0 Å². The third-order valence-corrected chi connectivity index (χ3v) is 5.89. The van der Waals surface area contributed by atoms with E-state index in [9.17, 15) is 14.7 Å². The van der Waals surface area contributed by atoms with Crippen molar-refractivity contribution in [2.45, 2.75) is 31.2 Å². The van der Waals surface area contributed by atoms with Crippen LogP contribution in [-0.4, -0.2) is 46.1 Å². The minimum atomic E-state index is -1.09. The Morgan fingerprint density at radius 2 is 1.67 bits per heavy atom. The van der Waals surface area contributed by atoms with E-state index in [1.165, 1.54) is 17.0 Å². The summed E-state index contributed by atoms with van der Waals surface area (Å²) in [4.78, 5) is 27.8. The first kappa shape index (κ1) is 21.5. The Morgan fingerprint density at radius 1 is 1.00 bits per heavy atom. The summed E-state index contributed by atoms with van der Waals surface area (Å²) in [5.41, 5.74) is 2.24. The molecular formula is C23H27N3O4. The van der Waals surface area contributed by atoms with Crippen molar-refractivity contribution in [3.8, 4) is 0 Å². The summed E-state index contributed by atoms with van der Waals surface area (Å²) >= 11 is 0. The lowest BCUT2D eigenvalue weighted by Crippen LogP contribution is -2.54. The molecule has 30 heavy (non-hydrogen) atoms. The number of para-hydroxylation sites is 1. The van der Waals surface area contributed by atoms with Gasteiger partial charge in [0.1, 0.15) is 0 Å². The number of hydrogen-bond donors (Lipinski definition) is 4. The van der Waals surface area contributed by atoms with Crippen molar-refractivity contribution in [2.75, 3.05) is 13.1 Å². The second kappa shape index (κ2) is 9.11. The summed E-state index contributed by atoms with van der Waals surface area (Å²) in [6.45, 7) is 1.66. The molecule has 0 aliphatic carbocycles. The molecule has 3 aromatic rings. The van der Waals surface area contributed by atoms with E-state index in [-0.39, 0.29) is 28.0 Å². The van der Waals surface area contributed by atoms with Crippen LogP contribution in [0.2, 0.25) is 0 Å². The molecule has 1 aliphatic rings. The van der Waals surface area contributed by atoms with Gasteiger partial charge in [-0.05, 0) is 62.5 Å². The summed E-state index contributed by atoms with van der Waals surface area (Å²) in [6.07, 6.45) is 5.32. The van der Waals surface area contributed by atoms with Gasteiger partial charge in [-0.25, -0.2) is 4.79 Å². The number of hydrogen-bond acceptors (Lipinski definition) is 3. The van der Waals surface area contributed by atoms with Crippen LogP contribution in [0.1, 0.15) is 45.5 Å². The maximum absolute atomic E-state index is 13.0. The Kier molecular flexibility index (Phi) is 6.54. The lowest BCUT2D eigenvalue weighted by atomic mass is 9.82. The smallest absolute Gasteiger partial charge is 0.336 e. The lowest BCUT2D eigenvalue weighted by Gasteiger charge is -2.39. The number of carbonyl (C=O) groups is 2. The van der Waals surface area contributed by atoms with Crippen molar-refractivity contribution in [2.24, 2.45) is 0 Å². The number of nitrogens with one attached hydrogen (secondary N) is 3. The number of aromatic carboxylic acids is 1. The van der Waals surface area contributed by atoms with E-state index in [0.29, 0.717) is 0 Å². The molecule has 4 rings (SSSR count). The molecule has 7 nitrogen and oxygen atoms in total. The fraction of sp³-hybridized carbons (Fsp3) is 0.304. The average Bonchev–Trinajstić information content (AvgIpc) is 3.16. The number of amides is 1. The van der Waals surface area contributed by atoms with Gasteiger partial charge in [-0.1, -0.05) is 30.3 Å². The molecule has 1 fully saturated rings. The van der Waals surface area contributed by atoms with Gasteiger partial charge >= 0.3 is 5.97 Å². The summed E-state index contributed by atoms with van der Waals surface area (Å²) in [5.74, 6) is -1.40. The molecule has 1 amide bonds. The van der Waals surface area contributed by atoms with Gasteiger partial charge in [0, 0.05) is 22.6 Å². The van der Waals surface area contributed by atoms with Crippen molar-refractivity contribution >= 4 is 22.8 Å². The quantitative estimate of drug-likeness (QED) is 0.499. The van der Waals surface area contributed by atoms with E-state index < -0.39 is 5.97 Å². The number of benzene rings is 2. The molecule has 2 heterocycles. The largest absolute Gasteiger partial charge is 0.478 e. The zero-order valence-electron chi connectivity index (χ0n) is 16.7. The number of H-pyrrole nitrogens is 1. The van der Waals surface area contributed by atoms with E-state index in [4.69, 9.17) is 0 Å². The average molecular weight is 409 g/mol. The van der Waals surface area contributed by atoms with Crippen LogP contribution in [0.4, 0.5) is 0 Å². The van der Waals surface area contributed by atoms with E-state index in [0.717, 1.165) is 44.3 Å². The first-order valence-electron chi connectivity index (χ1n) is 9.99. The first-order valence-corrected chi connectivity index (χ1v) is 9.99. The molecule has 0 unspecified atom stereocenters. The van der Waals surface area contributed by atoms with Crippen molar-refractivity contribution < 1.29 is 20.2 Å². The Labute approximate surface area is 174 Å². The normalized spacial score (nSPS) is 15.3. The molecule has 2 aromatic carbocycles. The Balaban J connectivity index is 0.00000256. The van der Waals surface area contributed by atoms with Crippen molar-refractivity contribution in [3.63, 3.8) is 0 Å². The van der Waals surface area contributed by atoms with E-state index in [1.807, 2.05) is 18.3 Å². The number of aromatic nitrogens is 1. The number of rotatable bonds is 6. The van der Waals surface area contributed by atoms with Crippen LogP contribution in [0.3, 0.4) is 0 Å². The Bertz CT molecular complexity index is 1040. The highest BCUT2D eigenvalue weighted by Crippen LogP contribution is 2.28. The van der Waals surface area contributed by atoms with Gasteiger partial charge in [0.25, 0.3) is 5.91 Å². The zero-order chi connectivity index (χ0) is 20.3. The van der Waals surface area contributed by atoms with Crippen LogP contribution >= 0.6 is 0 Å². The van der Waals surface area contributed by atoms with Gasteiger partial charge in [-0.3, -0.25) is 4.79 Å². The third-order valence-electron chi connectivity index (χ3n) is 5.89. The number of carbonyl (C=O) groups excluding carboxylic acids is 1. The van der Waals surface area contributed by atoms with E-state index >= 15 is 0 Å². The number of aryl methyl sites for hydroxylation is 1. The molecule has 1 aliphatic heterocycles. The van der Waals surface area contributed by atoms with Crippen LogP contribution in [-0.2, 0) is 6.42 Å². The van der Waals surface area contributed by atoms with Crippen LogP contribution in [0.25, 0.3) is 10.9 Å². The molecule has 0 saturated carbocycles. The monoisotopic (exact) mass is 409 g/mol. The van der Waals surface area contributed by atoms with Crippen LogP contribution in [0.5, 0.6) is 0 Å². The van der Waals surface area contributed by atoms with Gasteiger partial charge < -0.3 is 26.2 Å². The SMILES string of the molecule is O.O=C(O)c1ccccc1C(=O)NC1(CCc2c[nH]c3ccccc23)CCNCC1. The molecule has 0 atom stereocenters. The van der Waals surface area contributed by atoms with Crippen molar-refractivity contribution in [3.05, 3.63) is 71.4 Å². The summed E-state index contributed by atoms with van der Waals surface area (Å²) in [7, 11) is 0. The number of piperidine rings is 1. The second-order valence-corrected chi connectivity index (χ2v) is 7.69. The molecule has 6 N–H and O–H groups in total.